The van der Waals surface area contributed by atoms with Crippen LogP contribution in [0.1, 0.15) is 90.4 Å². The predicted molar refractivity (Wildman–Crippen MR) is 80.3 cm³/mol. The summed E-state index contributed by atoms with van der Waals surface area (Å²) in [5.74, 6) is 1.51. The first-order chi connectivity index (χ1) is 9.24. The zero-order valence-electron chi connectivity index (χ0n) is 12.7. The van der Waals surface area contributed by atoms with E-state index in [1.165, 1.54) is 64.2 Å². The van der Waals surface area contributed by atoms with Crippen molar-refractivity contribution in [1.29, 1.82) is 0 Å². The number of carbonyl (C=O) groups is 1. The summed E-state index contributed by atoms with van der Waals surface area (Å²) >= 11 is 0. The monoisotopic (exact) mass is 268 g/mol. The van der Waals surface area contributed by atoms with Crippen molar-refractivity contribution in [1.82, 2.24) is 0 Å². The molecule has 1 aliphatic rings. The Morgan fingerprint density at radius 2 is 1.42 bits per heavy atom. The summed E-state index contributed by atoms with van der Waals surface area (Å²) in [6.07, 6.45) is 16.2. The molecule has 19 heavy (non-hydrogen) atoms. The van der Waals surface area contributed by atoms with Gasteiger partial charge in [0, 0.05) is 6.42 Å². The van der Waals surface area contributed by atoms with Crippen LogP contribution in [0.15, 0.2) is 0 Å². The molecule has 1 aliphatic carbocycles. The van der Waals surface area contributed by atoms with Crippen LogP contribution in [-0.2, 0) is 4.79 Å². The van der Waals surface area contributed by atoms with Crippen LogP contribution in [0.4, 0.5) is 0 Å². The Kier molecular flexibility index (Phi) is 8.94. The molecule has 1 fully saturated rings. The standard InChI is InChI=1S/C17H32O2/c1-2-11-15-14-16(15)12-9-7-5-3-4-6-8-10-13-17(18)19/h15-16H,2-14H2,1H3,(H,18,19)/t15-,16+/m0/s1. The second kappa shape index (κ2) is 10.3. The average molecular weight is 268 g/mol. The van der Waals surface area contributed by atoms with E-state index < -0.39 is 5.97 Å². The first-order valence-electron chi connectivity index (χ1n) is 8.45. The fourth-order valence-corrected chi connectivity index (χ4v) is 3.13. The fourth-order valence-electron chi connectivity index (χ4n) is 3.13. The maximum atomic E-state index is 10.3. The minimum atomic E-state index is -0.651. The molecule has 1 rings (SSSR count). The van der Waals surface area contributed by atoms with Gasteiger partial charge < -0.3 is 5.11 Å². The largest absolute Gasteiger partial charge is 0.481 e. The van der Waals surface area contributed by atoms with Crippen LogP contribution in [-0.4, -0.2) is 11.1 Å². The molecule has 0 bridgehead atoms. The highest BCUT2D eigenvalue weighted by Gasteiger charge is 2.34. The van der Waals surface area contributed by atoms with Crippen molar-refractivity contribution in [3.63, 3.8) is 0 Å². The molecule has 1 N–H and O–H groups in total. The van der Waals surface area contributed by atoms with Gasteiger partial charge >= 0.3 is 5.97 Å². The van der Waals surface area contributed by atoms with Crippen LogP contribution in [0.2, 0.25) is 0 Å². The molecule has 0 aromatic heterocycles. The summed E-state index contributed by atoms with van der Waals surface area (Å²) in [5, 5.41) is 8.52. The third kappa shape index (κ3) is 9.07. The van der Waals surface area contributed by atoms with Crippen molar-refractivity contribution >= 4 is 5.97 Å². The highest BCUT2D eigenvalue weighted by atomic mass is 16.4. The van der Waals surface area contributed by atoms with Gasteiger partial charge in [-0.2, -0.15) is 0 Å². The van der Waals surface area contributed by atoms with Crippen molar-refractivity contribution in [3.8, 4) is 0 Å². The van der Waals surface area contributed by atoms with Gasteiger partial charge in [0.15, 0.2) is 0 Å². The fraction of sp³-hybridized carbons (Fsp3) is 0.941. The number of hydrogen-bond donors (Lipinski definition) is 1. The number of unbranched alkanes of at least 4 members (excludes halogenated alkanes) is 7. The number of hydrogen-bond acceptors (Lipinski definition) is 1. The third-order valence-corrected chi connectivity index (χ3v) is 4.44. The number of carboxylic acid groups (broad SMARTS) is 1. The molecule has 0 heterocycles. The summed E-state index contributed by atoms with van der Waals surface area (Å²) in [4.78, 5) is 10.3. The Morgan fingerprint density at radius 3 is 2.00 bits per heavy atom. The molecule has 0 aliphatic heterocycles. The lowest BCUT2D eigenvalue weighted by Crippen LogP contribution is -1.93. The molecule has 2 nitrogen and oxygen atoms in total. The van der Waals surface area contributed by atoms with Crippen molar-refractivity contribution in [2.45, 2.75) is 90.4 Å². The Hall–Kier alpha value is -0.530. The van der Waals surface area contributed by atoms with Crippen molar-refractivity contribution < 1.29 is 9.90 Å². The van der Waals surface area contributed by atoms with Crippen LogP contribution in [0, 0.1) is 11.8 Å². The number of aliphatic carboxylic acids is 1. The Labute approximate surface area is 119 Å². The van der Waals surface area contributed by atoms with Gasteiger partial charge in [0.1, 0.15) is 0 Å². The normalized spacial score (nSPS) is 21.5. The molecule has 0 unspecified atom stereocenters. The summed E-state index contributed by atoms with van der Waals surface area (Å²) in [7, 11) is 0. The molecule has 0 radical (unpaired) electrons. The molecule has 2 atom stereocenters. The van der Waals surface area contributed by atoms with Gasteiger partial charge in [-0.25, -0.2) is 0 Å². The van der Waals surface area contributed by atoms with Crippen LogP contribution in [0.25, 0.3) is 0 Å². The van der Waals surface area contributed by atoms with Crippen LogP contribution in [0.3, 0.4) is 0 Å². The van der Waals surface area contributed by atoms with E-state index in [9.17, 15) is 4.79 Å². The van der Waals surface area contributed by atoms with E-state index in [0.29, 0.717) is 6.42 Å². The first-order valence-corrected chi connectivity index (χ1v) is 8.45. The lowest BCUT2D eigenvalue weighted by atomic mass is 10.0. The maximum Gasteiger partial charge on any atom is 0.303 e. The van der Waals surface area contributed by atoms with Gasteiger partial charge in [0.2, 0.25) is 0 Å². The summed E-state index contributed by atoms with van der Waals surface area (Å²) < 4.78 is 0. The Bertz CT molecular complexity index is 237. The molecule has 0 spiro atoms. The average Bonchev–Trinajstić information content (AvgIpc) is 3.10. The Balaban J connectivity index is 1.71. The van der Waals surface area contributed by atoms with Gasteiger partial charge in [-0.15, -0.1) is 0 Å². The summed E-state index contributed by atoms with van der Waals surface area (Å²) in [6.45, 7) is 2.30. The van der Waals surface area contributed by atoms with Gasteiger partial charge in [0.05, 0.1) is 0 Å². The lowest BCUT2D eigenvalue weighted by molar-refractivity contribution is -0.137. The van der Waals surface area contributed by atoms with E-state index in [4.69, 9.17) is 5.11 Å². The lowest BCUT2D eigenvalue weighted by Gasteiger charge is -2.02. The van der Waals surface area contributed by atoms with Crippen LogP contribution in [0.5, 0.6) is 0 Å². The molecule has 2 heteroatoms. The summed E-state index contributed by atoms with van der Waals surface area (Å²) in [6, 6.07) is 0. The van der Waals surface area contributed by atoms with Gasteiger partial charge in [-0.1, -0.05) is 71.1 Å². The molecule has 1 saturated carbocycles. The van der Waals surface area contributed by atoms with E-state index in [2.05, 4.69) is 6.92 Å². The van der Waals surface area contributed by atoms with Crippen LogP contribution >= 0.6 is 0 Å². The third-order valence-electron chi connectivity index (χ3n) is 4.44. The van der Waals surface area contributed by atoms with Gasteiger partial charge in [-0.3, -0.25) is 4.79 Å². The topological polar surface area (TPSA) is 37.3 Å². The van der Waals surface area contributed by atoms with E-state index in [1.54, 1.807) is 0 Å². The van der Waals surface area contributed by atoms with Gasteiger partial charge in [-0.05, 0) is 24.7 Å². The smallest absolute Gasteiger partial charge is 0.303 e. The minimum absolute atomic E-state index is 0.348. The Morgan fingerprint density at radius 1 is 0.895 bits per heavy atom. The number of carboxylic acids is 1. The highest BCUT2D eigenvalue weighted by molar-refractivity contribution is 5.66. The van der Waals surface area contributed by atoms with Crippen molar-refractivity contribution in [2.24, 2.45) is 11.8 Å². The summed E-state index contributed by atoms with van der Waals surface area (Å²) in [5.41, 5.74) is 0. The van der Waals surface area contributed by atoms with E-state index in [0.717, 1.165) is 24.7 Å². The first kappa shape index (κ1) is 16.5. The number of rotatable bonds is 13. The second-order valence-electron chi connectivity index (χ2n) is 6.31. The van der Waals surface area contributed by atoms with Gasteiger partial charge in [0.25, 0.3) is 0 Å². The molecule has 0 aromatic rings. The molecule has 0 aromatic carbocycles. The quantitative estimate of drug-likeness (QED) is 0.453. The van der Waals surface area contributed by atoms with E-state index >= 15 is 0 Å². The predicted octanol–water partition coefficient (Wildman–Crippen LogP) is 5.41. The SMILES string of the molecule is CCC[C@H]1C[C@H]1CCCCCCCCCCC(=O)O. The zero-order valence-corrected chi connectivity index (χ0v) is 12.7. The molecular weight excluding hydrogens is 236 g/mol. The second-order valence-corrected chi connectivity index (χ2v) is 6.31. The van der Waals surface area contributed by atoms with E-state index in [1.807, 2.05) is 0 Å². The van der Waals surface area contributed by atoms with Crippen LogP contribution < -0.4 is 0 Å². The molecule has 0 saturated heterocycles. The van der Waals surface area contributed by atoms with Crippen molar-refractivity contribution in [2.75, 3.05) is 0 Å². The molecule has 112 valence electrons. The van der Waals surface area contributed by atoms with Crippen molar-refractivity contribution in [3.05, 3.63) is 0 Å². The minimum Gasteiger partial charge on any atom is -0.481 e. The zero-order chi connectivity index (χ0) is 13.9. The highest BCUT2D eigenvalue weighted by Crippen LogP contribution is 2.45. The molecular formula is C17H32O2. The maximum absolute atomic E-state index is 10.3. The molecule has 0 amide bonds. The van der Waals surface area contributed by atoms with E-state index in [-0.39, 0.29) is 0 Å².